The number of nitrogens with zero attached hydrogens (tertiary/aromatic N) is 2. The van der Waals surface area contributed by atoms with Gasteiger partial charge < -0.3 is 10.4 Å². The summed E-state index contributed by atoms with van der Waals surface area (Å²) in [5.41, 5.74) is -2.05. The van der Waals surface area contributed by atoms with Crippen LogP contribution in [0.25, 0.3) is 0 Å². The SMILES string of the molecule is O=C(O)CC1SC(=NN=Cc2c(C(F)(F)F)ccc(Br)c2F)NC1=O. The lowest BCUT2D eigenvalue weighted by Gasteiger charge is -2.11. The summed E-state index contributed by atoms with van der Waals surface area (Å²) < 4.78 is 52.5. The Kier molecular flexibility index (Phi) is 5.83. The quantitative estimate of drug-likeness (QED) is 0.426. The molecule has 0 aromatic heterocycles. The van der Waals surface area contributed by atoms with Crippen LogP contribution in [0.4, 0.5) is 17.6 Å². The molecule has 1 fully saturated rings. The van der Waals surface area contributed by atoms with Crippen LogP contribution in [-0.2, 0) is 15.8 Å². The molecule has 12 heteroatoms. The topological polar surface area (TPSA) is 91.1 Å². The van der Waals surface area contributed by atoms with Gasteiger partial charge in [-0.25, -0.2) is 4.39 Å². The van der Waals surface area contributed by atoms with Crippen molar-refractivity contribution < 1.29 is 32.3 Å². The molecule has 0 saturated carbocycles. The van der Waals surface area contributed by atoms with Crippen molar-refractivity contribution in [3.8, 4) is 0 Å². The Morgan fingerprint density at radius 1 is 1.44 bits per heavy atom. The van der Waals surface area contributed by atoms with Gasteiger partial charge in [-0.1, -0.05) is 11.8 Å². The number of hydrogen-bond donors (Lipinski definition) is 2. The van der Waals surface area contributed by atoms with Gasteiger partial charge in [-0.05, 0) is 28.1 Å². The number of carbonyl (C=O) groups is 2. The molecule has 2 N–H and O–H groups in total. The third kappa shape index (κ3) is 4.78. The van der Waals surface area contributed by atoms with Gasteiger partial charge in [0, 0.05) is 5.56 Å². The normalized spacial score (nSPS) is 19.6. The summed E-state index contributed by atoms with van der Waals surface area (Å²) >= 11 is 3.56. The number of carbonyl (C=O) groups excluding carboxylic acids is 1. The van der Waals surface area contributed by atoms with Crippen molar-refractivity contribution in [2.45, 2.75) is 17.8 Å². The van der Waals surface area contributed by atoms with E-state index in [-0.39, 0.29) is 9.64 Å². The maximum absolute atomic E-state index is 13.9. The Morgan fingerprint density at radius 3 is 2.72 bits per heavy atom. The fourth-order valence-corrected chi connectivity index (χ4v) is 3.08. The lowest BCUT2D eigenvalue weighted by Crippen LogP contribution is -2.26. The van der Waals surface area contributed by atoms with E-state index in [4.69, 9.17) is 5.11 Å². The van der Waals surface area contributed by atoms with E-state index in [9.17, 15) is 27.2 Å². The molecule has 1 heterocycles. The minimum atomic E-state index is -4.79. The van der Waals surface area contributed by atoms with Crippen LogP contribution in [0.15, 0.2) is 26.8 Å². The van der Waals surface area contributed by atoms with Gasteiger partial charge >= 0.3 is 12.1 Å². The molecule has 1 amide bonds. The number of hydrogen-bond acceptors (Lipinski definition) is 5. The van der Waals surface area contributed by atoms with Crippen LogP contribution in [0, 0.1) is 5.82 Å². The summed E-state index contributed by atoms with van der Waals surface area (Å²) in [5, 5.41) is 16.7. The number of amidine groups is 1. The summed E-state index contributed by atoms with van der Waals surface area (Å²) in [7, 11) is 0. The van der Waals surface area contributed by atoms with Crippen molar-refractivity contribution in [2.24, 2.45) is 10.2 Å². The van der Waals surface area contributed by atoms with Gasteiger partial charge in [0.1, 0.15) is 11.1 Å². The zero-order chi connectivity index (χ0) is 18.8. The number of thioether (sulfide) groups is 1. The number of amides is 1. The Hall–Kier alpha value is -1.95. The molecule has 0 spiro atoms. The van der Waals surface area contributed by atoms with E-state index < -0.39 is 46.7 Å². The molecule has 0 aliphatic carbocycles. The zero-order valence-electron chi connectivity index (χ0n) is 12.0. The van der Waals surface area contributed by atoms with Crippen LogP contribution < -0.4 is 5.32 Å². The molecule has 1 unspecified atom stereocenters. The minimum Gasteiger partial charge on any atom is -0.481 e. The van der Waals surface area contributed by atoms with Crippen LogP contribution in [0.3, 0.4) is 0 Å². The lowest BCUT2D eigenvalue weighted by molar-refractivity contribution is -0.138. The van der Waals surface area contributed by atoms with Crippen LogP contribution in [-0.4, -0.2) is 33.6 Å². The first-order chi connectivity index (χ1) is 11.6. The van der Waals surface area contributed by atoms with Gasteiger partial charge in [0.2, 0.25) is 5.91 Å². The van der Waals surface area contributed by atoms with Crippen molar-refractivity contribution in [2.75, 3.05) is 0 Å². The van der Waals surface area contributed by atoms with Crippen molar-refractivity contribution in [3.63, 3.8) is 0 Å². The highest BCUT2D eigenvalue weighted by atomic mass is 79.9. The van der Waals surface area contributed by atoms with Gasteiger partial charge in [-0.15, -0.1) is 5.10 Å². The Bertz CT molecular complexity index is 783. The number of alkyl halides is 3. The fourth-order valence-electron chi connectivity index (χ4n) is 1.82. The monoisotopic (exact) mass is 441 g/mol. The number of rotatable bonds is 4. The summed E-state index contributed by atoms with van der Waals surface area (Å²) in [6.07, 6.45) is -4.66. The number of halogens is 5. The fraction of sp³-hybridized carbons (Fsp3) is 0.231. The molecular formula is C13H8BrF4N3O3S. The van der Waals surface area contributed by atoms with Crippen molar-refractivity contribution in [1.29, 1.82) is 0 Å². The summed E-state index contributed by atoms with van der Waals surface area (Å²) in [4.78, 5) is 22.1. The Morgan fingerprint density at radius 2 is 2.12 bits per heavy atom. The van der Waals surface area contributed by atoms with Gasteiger partial charge in [0.15, 0.2) is 5.17 Å². The molecular weight excluding hydrogens is 434 g/mol. The predicted molar refractivity (Wildman–Crippen MR) is 85.9 cm³/mol. The zero-order valence-corrected chi connectivity index (χ0v) is 14.4. The summed E-state index contributed by atoms with van der Waals surface area (Å²) in [6.45, 7) is 0. The number of nitrogens with one attached hydrogen (secondary N) is 1. The second-order valence-electron chi connectivity index (χ2n) is 4.66. The molecule has 1 saturated heterocycles. The van der Waals surface area contributed by atoms with E-state index in [1.807, 2.05) is 0 Å². The maximum Gasteiger partial charge on any atom is 0.417 e. The van der Waals surface area contributed by atoms with Gasteiger partial charge in [0.25, 0.3) is 0 Å². The molecule has 1 aromatic rings. The molecule has 1 atom stereocenters. The molecule has 1 aliphatic rings. The van der Waals surface area contributed by atoms with Gasteiger partial charge in [-0.3, -0.25) is 9.59 Å². The lowest BCUT2D eigenvalue weighted by atomic mass is 10.1. The Labute approximate surface area is 150 Å². The second kappa shape index (κ2) is 7.52. The van der Waals surface area contributed by atoms with Crippen LogP contribution in [0.1, 0.15) is 17.5 Å². The highest BCUT2D eigenvalue weighted by Crippen LogP contribution is 2.34. The minimum absolute atomic E-state index is 0.0866. The smallest absolute Gasteiger partial charge is 0.417 e. The molecule has 0 radical (unpaired) electrons. The molecule has 25 heavy (non-hydrogen) atoms. The van der Waals surface area contributed by atoms with E-state index in [1.54, 1.807) is 0 Å². The highest BCUT2D eigenvalue weighted by Gasteiger charge is 2.35. The molecule has 0 bridgehead atoms. The van der Waals surface area contributed by atoms with Crippen molar-refractivity contribution >= 4 is 51.0 Å². The highest BCUT2D eigenvalue weighted by molar-refractivity contribution is 9.10. The van der Waals surface area contributed by atoms with Crippen molar-refractivity contribution in [3.05, 3.63) is 33.5 Å². The molecule has 6 nitrogen and oxygen atoms in total. The number of aliphatic carboxylic acids is 1. The van der Waals surface area contributed by atoms with Crippen LogP contribution >= 0.6 is 27.7 Å². The molecule has 1 aliphatic heterocycles. The summed E-state index contributed by atoms with van der Waals surface area (Å²) in [6, 6.07) is 1.61. The first-order valence-corrected chi connectivity index (χ1v) is 8.12. The van der Waals surface area contributed by atoms with E-state index in [1.165, 1.54) is 0 Å². The van der Waals surface area contributed by atoms with E-state index in [0.717, 1.165) is 17.8 Å². The van der Waals surface area contributed by atoms with E-state index in [0.29, 0.717) is 12.3 Å². The molecule has 134 valence electrons. The first kappa shape index (κ1) is 19.4. The van der Waals surface area contributed by atoms with Gasteiger partial charge in [-0.2, -0.15) is 18.3 Å². The predicted octanol–water partition coefficient (Wildman–Crippen LogP) is 3.00. The van der Waals surface area contributed by atoms with Gasteiger partial charge in [0.05, 0.1) is 22.7 Å². The number of carboxylic acid groups (broad SMARTS) is 1. The molecule has 2 rings (SSSR count). The van der Waals surface area contributed by atoms with Crippen LogP contribution in [0.5, 0.6) is 0 Å². The van der Waals surface area contributed by atoms with E-state index in [2.05, 4.69) is 31.4 Å². The average molecular weight is 442 g/mol. The third-order valence-corrected chi connectivity index (χ3v) is 4.59. The van der Waals surface area contributed by atoms with E-state index >= 15 is 0 Å². The molecule has 1 aromatic carbocycles. The summed E-state index contributed by atoms with van der Waals surface area (Å²) in [5.74, 6) is -2.96. The maximum atomic E-state index is 13.9. The average Bonchev–Trinajstić information content (AvgIpc) is 2.81. The largest absolute Gasteiger partial charge is 0.481 e. The first-order valence-electron chi connectivity index (χ1n) is 6.45. The van der Waals surface area contributed by atoms with Crippen LogP contribution in [0.2, 0.25) is 0 Å². The number of carboxylic acids is 1. The Balaban J connectivity index is 2.25. The number of benzene rings is 1. The standard InChI is InChI=1S/C13H8BrF4N3O3S/c14-7-2-1-6(13(16,17)18)5(10(7)15)4-19-21-12-20-11(24)8(25-12)3-9(22)23/h1-2,4,8H,3H2,(H,22,23)(H,20,21,24). The van der Waals surface area contributed by atoms with Crippen molar-refractivity contribution in [1.82, 2.24) is 5.32 Å². The second-order valence-corrected chi connectivity index (χ2v) is 6.71. The third-order valence-electron chi connectivity index (χ3n) is 2.91.